The minimum absolute atomic E-state index is 0.00375. The van der Waals surface area contributed by atoms with Crippen LogP contribution in [0.2, 0.25) is 0 Å². The molecule has 1 amide bonds. The van der Waals surface area contributed by atoms with Crippen molar-refractivity contribution in [1.82, 2.24) is 10.6 Å². The predicted octanol–water partition coefficient (Wildman–Crippen LogP) is 0.112. The fraction of sp³-hybridized carbons (Fsp3) is 0.667. The van der Waals surface area contributed by atoms with Crippen molar-refractivity contribution in [2.75, 3.05) is 12.0 Å². The van der Waals surface area contributed by atoms with E-state index in [0.717, 1.165) is 12.2 Å². The van der Waals surface area contributed by atoms with Crippen molar-refractivity contribution in [3.8, 4) is 0 Å². The van der Waals surface area contributed by atoms with Gasteiger partial charge in [0.15, 0.2) is 5.11 Å². The smallest absolute Gasteiger partial charge is 0.248 e. The normalized spacial score (nSPS) is 23.2. The Bertz CT molecular complexity index is 183. The van der Waals surface area contributed by atoms with E-state index in [4.69, 9.17) is 12.2 Å². The summed E-state index contributed by atoms with van der Waals surface area (Å²) in [6, 6.07) is -0.102. The van der Waals surface area contributed by atoms with Crippen molar-refractivity contribution in [2.45, 2.75) is 12.5 Å². The molecule has 1 rings (SSSR count). The van der Waals surface area contributed by atoms with E-state index < -0.39 is 0 Å². The molecular weight excluding hydrogens is 180 g/mol. The second kappa shape index (κ2) is 3.92. The predicted molar refractivity (Wildman–Crippen MR) is 50.7 cm³/mol. The molecule has 1 aliphatic rings. The zero-order chi connectivity index (χ0) is 8.27. The first-order valence-electron chi connectivity index (χ1n) is 3.34. The minimum Gasteiger partial charge on any atom is -0.351 e. The lowest BCUT2D eigenvalue weighted by atomic mass is 10.2. The highest BCUT2D eigenvalue weighted by Crippen LogP contribution is 2.03. The summed E-state index contributed by atoms with van der Waals surface area (Å²) in [6.45, 7) is 0. The Morgan fingerprint density at radius 3 is 2.91 bits per heavy atom. The third-order valence-electron chi connectivity index (χ3n) is 1.47. The van der Waals surface area contributed by atoms with Crippen LogP contribution < -0.4 is 10.6 Å². The van der Waals surface area contributed by atoms with Crippen LogP contribution in [0.3, 0.4) is 0 Å². The molecule has 0 aliphatic carbocycles. The number of rotatable bonds is 3. The molecule has 0 saturated carbocycles. The van der Waals surface area contributed by atoms with Gasteiger partial charge in [0.05, 0.1) is 0 Å². The third-order valence-corrected chi connectivity index (χ3v) is 2.33. The van der Waals surface area contributed by atoms with Crippen LogP contribution in [-0.2, 0) is 4.79 Å². The lowest BCUT2D eigenvalue weighted by Gasteiger charge is -2.04. The van der Waals surface area contributed by atoms with Crippen LogP contribution >= 0.6 is 24.0 Å². The summed E-state index contributed by atoms with van der Waals surface area (Å²) in [5.41, 5.74) is 0. The third kappa shape index (κ3) is 2.34. The summed E-state index contributed by atoms with van der Waals surface area (Å²) in [5.74, 6) is 0.984. The average molecular weight is 190 g/mol. The number of carbonyl (C=O) groups excluding carboxylic acids is 1. The molecule has 5 heteroatoms. The van der Waals surface area contributed by atoms with Crippen LogP contribution in [0, 0.1) is 0 Å². The van der Waals surface area contributed by atoms with Crippen molar-refractivity contribution >= 4 is 35.0 Å². The Morgan fingerprint density at radius 2 is 2.45 bits per heavy atom. The van der Waals surface area contributed by atoms with Crippen molar-refractivity contribution in [2.24, 2.45) is 0 Å². The Labute approximate surface area is 75.3 Å². The van der Waals surface area contributed by atoms with Crippen LogP contribution in [0.25, 0.3) is 0 Å². The fourth-order valence-corrected chi connectivity index (χ4v) is 1.61. The SMILES string of the molecule is CSCCC1NC(=S)NC1=O. The fourth-order valence-electron chi connectivity index (χ4n) is 0.898. The molecule has 1 saturated heterocycles. The molecule has 0 spiro atoms. The minimum atomic E-state index is -0.102. The molecule has 0 bridgehead atoms. The van der Waals surface area contributed by atoms with Gasteiger partial charge < -0.3 is 10.6 Å². The Kier molecular flexibility index (Phi) is 3.14. The van der Waals surface area contributed by atoms with E-state index in [9.17, 15) is 4.79 Å². The standard InChI is InChI=1S/C6H10N2OS2/c1-11-3-2-4-5(9)8-6(10)7-4/h4H,2-3H2,1H3,(H2,7,8,9,10). The molecular formula is C6H10N2OS2. The second-order valence-corrected chi connectivity index (χ2v) is 3.69. The van der Waals surface area contributed by atoms with Crippen LogP contribution in [0.1, 0.15) is 6.42 Å². The van der Waals surface area contributed by atoms with Crippen molar-refractivity contribution in [1.29, 1.82) is 0 Å². The molecule has 62 valence electrons. The summed E-state index contributed by atoms with van der Waals surface area (Å²) in [6.07, 6.45) is 2.86. The zero-order valence-corrected chi connectivity index (χ0v) is 7.85. The number of carbonyl (C=O) groups is 1. The molecule has 11 heavy (non-hydrogen) atoms. The Hall–Kier alpha value is -0.290. The summed E-state index contributed by atoms with van der Waals surface area (Å²) >= 11 is 6.50. The van der Waals surface area contributed by atoms with Gasteiger partial charge in [-0.05, 0) is 30.6 Å². The highest BCUT2D eigenvalue weighted by atomic mass is 32.2. The average Bonchev–Trinajstić information content (AvgIpc) is 2.26. The Morgan fingerprint density at radius 1 is 1.73 bits per heavy atom. The first-order chi connectivity index (χ1) is 5.24. The lowest BCUT2D eigenvalue weighted by molar-refractivity contribution is -0.120. The molecule has 2 N–H and O–H groups in total. The van der Waals surface area contributed by atoms with Crippen LogP contribution in [0.5, 0.6) is 0 Å². The first-order valence-corrected chi connectivity index (χ1v) is 5.14. The van der Waals surface area contributed by atoms with E-state index in [1.165, 1.54) is 0 Å². The van der Waals surface area contributed by atoms with Crippen molar-refractivity contribution < 1.29 is 4.79 Å². The van der Waals surface area contributed by atoms with Gasteiger partial charge in [0.25, 0.3) is 0 Å². The van der Waals surface area contributed by atoms with E-state index in [2.05, 4.69) is 10.6 Å². The highest BCUT2D eigenvalue weighted by molar-refractivity contribution is 7.98. The largest absolute Gasteiger partial charge is 0.351 e. The monoisotopic (exact) mass is 190 g/mol. The van der Waals surface area contributed by atoms with Crippen LogP contribution in [0.4, 0.5) is 0 Å². The summed E-state index contributed by atoms with van der Waals surface area (Å²) in [7, 11) is 0. The van der Waals surface area contributed by atoms with Gasteiger partial charge in [-0.1, -0.05) is 0 Å². The van der Waals surface area contributed by atoms with Crippen molar-refractivity contribution in [3.63, 3.8) is 0 Å². The van der Waals surface area contributed by atoms with E-state index in [-0.39, 0.29) is 11.9 Å². The van der Waals surface area contributed by atoms with Gasteiger partial charge in [0.2, 0.25) is 5.91 Å². The molecule has 1 unspecified atom stereocenters. The lowest BCUT2D eigenvalue weighted by Crippen LogP contribution is -2.29. The maximum Gasteiger partial charge on any atom is 0.248 e. The van der Waals surface area contributed by atoms with Gasteiger partial charge in [-0.3, -0.25) is 4.79 Å². The molecule has 3 nitrogen and oxygen atoms in total. The number of nitrogens with one attached hydrogen (secondary N) is 2. The van der Waals surface area contributed by atoms with Gasteiger partial charge in [-0.2, -0.15) is 11.8 Å². The van der Waals surface area contributed by atoms with E-state index >= 15 is 0 Å². The van der Waals surface area contributed by atoms with Gasteiger partial charge in [-0.25, -0.2) is 0 Å². The highest BCUT2D eigenvalue weighted by Gasteiger charge is 2.25. The van der Waals surface area contributed by atoms with E-state index in [0.29, 0.717) is 5.11 Å². The summed E-state index contributed by atoms with van der Waals surface area (Å²) in [5, 5.41) is 5.90. The number of amides is 1. The second-order valence-electron chi connectivity index (χ2n) is 2.30. The first kappa shape index (κ1) is 8.80. The maximum absolute atomic E-state index is 11.0. The van der Waals surface area contributed by atoms with E-state index in [1.54, 1.807) is 11.8 Å². The zero-order valence-electron chi connectivity index (χ0n) is 6.22. The van der Waals surface area contributed by atoms with E-state index in [1.807, 2.05) is 6.26 Å². The molecule has 0 aromatic carbocycles. The maximum atomic E-state index is 11.0. The molecule has 1 atom stereocenters. The molecule has 1 heterocycles. The van der Waals surface area contributed by atoms with Gasteiger partial charge in [0.1, 0.15) is 6.04 Å². The van der Waals surface area contributed by atoms with Gasteiger partial charge in [0, 0.05) is 0 Å². The van der Waals surface area contributed by atoms with Crippen molar-refractivity contribution in [3.05, 3.63) is 0 Å². The molecule has 1 aliphatic heterocycles. The summed E-state index contributed by atoms with van der Waals surface area (Å²) < 4.78 is 0. The number of hydrogen-bond acceptors (Lipinski definition) is 3. The van der Waals surface area contributed by atoms with Gasteiger partial charge in [-0.15, -0.1) is 0 Å². The quantitative estimate of drug-likeness (QED) is 0.620. The van der Waals surface area contributed by atoms with Crippen LogP contribution in [0.15, 0.2) is 0 Å². The topological polar surface area (TPSA) is 41.1 Å². The summed E-state index contributed by atoms with van der Waals surface area (Å²) in [4.78, 5) is 11.0. The molecule has 0 aromatic rings. The molecule has 1 fully saturated rings. The van der Waals surface area contributed by atoms with Crippen LogP contribution in [-0.4, -0.2) is 29.1 Å². The molecule has 0 aromatic heterocycles. The number of hydrogen-bond donors (Lipinski definition) is 2. The Balaban J connectivity index is 2.34. The van der Waals surface area contributed by atoms with Gasteiger partial charge >= 0.3 is 0 Å². The number of thioether (sulfide) groups is 1. The number of thiocarbonyl (C=S) groups is 1. The molecule has 0 radical (unpaired) electrons.